The molecule has 1 saturated heterocycles. The zero-order valence-electron chi connectivity index (χ0n) is 9.16. The molecule has 1 fully saturated rings. The molecule has 0 amide bonds. The number of halogens is 2. The van der Waals surface area contributed by atoms with Crippen molar-refractivity contribution in [2.24, 2.45) is 11.7 Å². The number of nitrogens with two attached hydrogens (primary N) is 1. The summed E-state index contributed by atoms with van der Waals surface area (Å²) in [7, 11) is 0. The molecule has 1 aromatic rings. The number of benzene rings is 1. The van der Waals surface area contributed by atoms with Crippen molar-refractivity contribution >= 4 is 17.4 Å². The third-order valence-corrected chi connectivity index (χ3v) is 3.19. The number of carbonyl (C=O) groups is 1. The van der Waals surface area contributed by atoms with Gasteiger partial charge in [0.05, 0.1) is 24.2 Å². The zero-order chi connectivity index (χ0) is 12.4. The molecular formula is C12H13ClFNO2. The highest BCUT2D eigenvalue weighted by molar-refractivity contribution is 6.30. The summed E-state index contributed by atoms with van der Waals surface area (Å²) >= 11 is 5.65. The fraction of sp³-hybridized carbons (Fsp3) is 0.417. The Morgan fingerprint density at radius 2 is 2.29 bits per heavy atom. The van der Waals surface area contributed by atoms with E-state index >= 15 is 0 Å². The smallest absolute Gasteiger partial charge is 0.144 e. The number of Topliss-reactive ketones (excluding diaryl/α,β-unsaturated/α-hetero) is 1. The molecule has 1 aliphatic heterocycles. The summed E-state index contributed by atoms with van der Waals surface area (Å²) in [4.78, 5) is 11.9. The fourth-order valence-electron chi connectivity index (χ4n) is 1.88. The molecule has 0 aromatic heterocycles. The lowest BCUT2D eigenvalue weighted by atomic mass is 9.94. The van der Waals surface area contributed by atoms with Gasteiger partial charge in [-0.3, -0.25) is 4.79 Å². The minimum Gasteiger partial charge on any atom is -0.379 e. The van der Waals surface area contributed by atoms with E-state index in [2.05, 4.69) is 0 Å². The van der Waals surface area contributed by atoms with E-state index in [4.69, 9.17) is 22.1 Å². The number of ether oxygens (including phenoxy) is 1. The van der Waals surface area contributed by atoms with Crippen molar-refractivity contribution in [3.63, 3.8) is 0 Å². The maximum absolute atomic E-state index is 12.9. The molecule has 3 nitrogen and oxygen atoms in total. The standard InChI is InChI=1S/C12H13ClFNO2/c13-9-3-7(1-2-10(9)14)4-12(16)8-5-17-6-11(8)15/h1-3,8,11H,4-6,15H2. The van der Waals surface area contributed by atoms with Crippen LogP contribution >= 0.6 is 11.6 Å². The van der Waals surface area contributed by atoms with Crippen molar-refractivity contribution in [1.29, 1.82) is 0 Å². The largest absolute Gasteiger partial charge is 0.379 e. The molecule has 2 N–H and O–H groups in total. The maximum Gasteiger partial charge on any atom is 0.144 e. The van der Waals surface area contributed by atoms with Crippen LogP contribution in [-0.4, -0.2) is 25.0 Å². The summed E-state index contributed by atoms with van der Waals surface area (Å²) in [6.45, 7) is 0.787. The van der Waals surface area contributed by atoms with Crippen LogP contribution in [0.3, 0.4) is 0 Å². The lowest BCUT2D eigenvalue weighted by molar-refractivity contribution is -0.122. The Morgan fingerprint density at radius 1 is 1.53 bits per heavy atom. The topological polar surface area (TPSA) is 52.3 Å². The summed E-state index contributed by atoms with van der Waals surface area (Å²) in [5.74, 6) is -0.736. The second-order valence-corrected chi connectivity index (χ2v) is 4.61. The molecule has 5 heteroatoms. The van der Waals surface area contributed by atoms with Crippen molar-refractivity contribution in [1.82, 2.24) is 0 Å². The number of hydrogen-bond acceptors (Lipinski definition) is 3. The van der Waals surface area contributed by atoms with Gasteiger partial charge in [0.2, 0.25) is 0 Å². The number of ketones is 1. The van der Waals surface area contributed by atoms with Crippen LogP contribution in [0.15, 0.2) is 18.2 Å². The molecule has 0 aliphatic carbocycles. The molecule has 1 aromatic carbocycles. The molecule has 2 atom stereocenters. The lowest BCUT2D eigenvalue weighted by Crippen LogP contribution is -2.34. The first-order valence-corrected chi connectivity index (χ1v) is 5.75. The quantitative estimate of drug-likeness (QED) is 0.894. The predicted octanol–water partition coefficient (Wildman–Crippen LogP) is 1.56. The molecule has 1 aliphatic rings. The molecular weight excluding hydrogens is 245 g/mol. The first kappa shape index (κ1) is 12.5. The van der Waals surface area contributed by atoms with E-state index in [0.29, 0.717) is 18.8 Å². The Hall–Kier alpha value is -0.970. The third kappa shape index (κ3) is 2.83. The normalized spacial score (nSPS) is 23.9. The average molecular weight is 258 g/mol. The van der Waals surface area contributed by atoms with E-state index in [-0.39, 0.29) is 29.2 Å². The average Bonchev–Trinajstić information content (AvgIpc) is 2.70. The van der Waals surface area contributed by atoms with Crippen LogP contribution in [0, 0.1) is 11.7 Å². The van der Waals surface area contributed by atoms with E-state index in [9.17, 15) is 9.18 Å². The molecule has 0 bridgehead atoms. The summed E-state index contributed by atoms with van der Waals surface area (Å²) in [6, 6.07) is 4.05. The first-order chi connectivity index (χ1) is 8.08. The molecule has 0 radical (unpaired) electrons. The molecule has 17 heavy (non-hydrogen) atoms. The van der Waals surface area contributed by atoms with Crippen LogP contribution in [0.4, 0.5) is 4.39 Å². The third-order valence-electron chi connectivity index (χ3n) is 2.90. The van der Waals surface area contributed by atoms with E-state index in [1.807, 2.05) is 0 Å². The Kier molecular flexibility index (Phi) is 3.76. The highest BCUT2D eigenvalue weighted by atomic mass is 35.5. The number of carbonyl (C=O) groups excluding carboxylic acids is 1. The van der Waals surface area contributed by atoms with Gasteiger partial charge in [-0.15, -0.1) is 0 Å². The van der Waals surface area contributed by atoms with E-state index < -0.39 is 5.82 Å². The number of rotatable bonds is 3. The minimum atomic E-state index is -0.483. The van der Waals surface area contributed by atoms with Gasteiger partial charge in [0.25, 0.3) is 0 Å². The van der Waals surface area contributed by atoms with Crippen LogP contribution in [-0.2, 0) is 16.0 Å². The molecule has 2 unspecified atom stereocenters. The second-order valence-electron chi connectivity index (χ2n) is 4.20. The van der Waals surface area contributed by atoms with Gasteiger partial charge >= 0.3 is 0 Å². The van der Waals surface area contributed by atoms with Crippen LogP contribution in [0.5, 0.6) is 0 Å². The molecule has 1 heterocycles. The van der Waals surface area contributed by atoms with Gasteiger partial charge in [0.1, 0.15) is 11.6 Å². The Labute approximate surface area is 104 Å². The van der Waals surface area contributed by atoms with E-state index in [1.54, 1.807) is 6.07 Å². The molecule has 92 valence electrons. The zero-order valence-corrected chi connectivity index (χ0v) is 9.91. The Balaban J connectivity index is 2.05. The van der Waals surface area contributed by atoms with Gasteiger partial charge in [0, 0.05) is 12.5 Å². The monoisotopic (exact) mass is 257 g/mol. The SMILES string of the molecule is NC1COCC1C(=O)Cc1ccc(F)c(Cl)c1. The van der Waals surface area contributed by atoms with Crippen molar-refractivity contribution in [3.05, 3.63) is 34.6 Å². The van der Waals surface area contributed by atoms with Gasteiger partial charge in [0.15, 0.2) is 0 Å². The van der Waals surface area contributed by atoms with Gasteiger partial charge in [-0.2, -0.15) is 0 Å². The summed E-state index contributed by atoms with van der Waals surface area (Å²) in [5, 5.41) is 0.0299. The minimum absolute atomic E-state index is 0.0117. The van der Waals surface area contributed by atoms with Crippen molar-refractivity contribution in [2.75, 3.05) is 13.2 Å². The second kappa shape index (κ2) is 5.12. The summed E-state index contributed by atoms with van der Waals surface area (Å²) in [5.41, 5.74) is 6.45. The van der Waals surface area contributed by atoms with Crippen molar-refractivity contribution in [2.45, 2.75) is 12.5 Å². The van der Waals surface area contributed by atoms with Gasteiger partial charge in [-0.25, -0.2) is 4.39 Å². The predicted molar refractivity (Wildman–Crippen MR) is 62.4 cm³/mol. The lowest BCUT2D eigenvalue weighted by Gasteiger charge is -2.11. The van der Waals surface area contributed by atoms with Crippen LogP contribution in [0.25, 0.3) is 0 Å². The van der Waals surface area contributed by atoms with Gasteiger partial charge < -0.3 is 10.5 Å². The van der Waals surface area contributed by atoms with Crippen molar-refractivity contribution in [3.8, 4) is 0 Å². The maximum atomic E-state index is 12.9. The van der Waals surface area contributed by atoms with E-state index in [0.717, 1.165) is 0 Å². The molecule has 2 rings (SSSR count). The number of hydrogen-bond donors (Lipinski definition) is 1. The van der Waals surface area contributed by atoms with Crippen LogP contribution in [0.2, 0.25) is 5.02 Å². The van der Waals surface area contributed by atoms with Gasteiger partial charge in [-0.05, 0) is 17.7 Å². The van der Waals surface area contributed by atoms with Crippen molar-refractivity contribution < 1.29 is 13.9 Å². The highest BCUT2D eigenvalue weighted by Crippen LogP contribution is 2.19. The molecule has 0 saturated carbocycles. The van der Waals surface area contributed by atoms with E-state index in [1.165, 1.54) is 12.1 Å². The summed E-state index contributed by atoms with van der Waals surface area (Å²) in [6.07, 6.45) is 0.210. The van der Waals surface area contributed by atoms with Crippen LogP contribution in [0.1, 0.15) is 5.56 Å². The van der Waals surface area contributed by atoms with Gasteiger partial charge in [-0.1, -0.05) is 17.7 Å². The Bertz CT molecular complexity index is 439. The van der Waals surface area contributed by atoms with Crippen LogP contribution < -0.4 is 5.73 Å². The fourth-order valence-corrected chi connectivity index (χ4v) is 2.09. The highest BCUT2D eigenvalue weighted by Gasteiger charge is 2.30. The summed E-state index contributed by atoms with van der Waals surface area (Å²) < 4.78 is 18.1. The first-order valence-electron chi connectivity index (χ1n) is 5.38. The Morgan fingerprint density at radius 3 is 2.88 bits per heavy atom. The molecule has 0 spiro atoms.